The predicted molar refractivity (Wildman–Crippen MR) is 80.8 cm³/mol. The molecule has 1 aromatic rings. The van der Waals surface area contributed by atoms with Gasteiger partial charge in [-0.3, -0.25) is 0 Å². The van der Waals surface area contributed by atoms with E-state index in [0.717, 1.165) is 38.3 Å². The topological polar surface area (TPSA) is 38.5 Å². The van der Waals surface area contributed by atoms with Crippen LogP contribution in [-0.2, 0) is 0 Å². The number of ether oxygens (including phenoxy) is 1. The SMILES string of the molecule is CC(C)CCOc1cccc(N2CCCC(N)C2)c1. The summed E-state index contributed by atoms with van der Waals surface area (Å²) in [5, 5.41) is 0. The van der Waals surface area contributed by atoms with Gasteiger partial charge in [-0.05, 0) is 37.3 Å². The van der Waals surface area contributed by atoms with Gasteiger partial charge in [-0.25, -0.2) is 0 Å². The molecule has 0 aromatic heterocycles. The number of hydrogen-bond donors (Lipinski definition) is 1. The molecule has 0 bridgehead atoms. The van der Waals surface area contributed by atoms with E-state index in [-0.39, 0.29) is 0 Å². The van der Waals surface area contributed by atoms with Crippen LogP contribution in [-0.4, -0.2) is 25.7 Å². The highest BCUT2D eigenvalue weighted by molar-refractivity contribution is 5.51. The maximum atomic E-state index is 6.04. The molecule has 1 aliphatic rings. The zero-order valence-electron chi connectivity index (χ0n) is 12.1. The summed E-state index contributed by atoms with van der Waals surface area (Å²) >= 11 is 0. The van der Waals surface area contributed by atoms with Crippen LogP contribution >= 0.6 is 0 Å². The van der Waals surface area contributed by atoms with E-state index >= 15 is 0 Å². The molecule has 0 amide bonds. The molecule has 0 saturated carbocycles. The predicted octanol–water partition coefficient (Wildman–Crippen LogP) is 3.04. The van der Waals surface area contributed by atoms with E-state index in [1.165, 1.54) is 12.1 Å². The maximum absolute atomic E-state index is 6.04. The van der Waals surface area contributed by atoms with E-state index in [9.17, 15) is 0 Å². The Morgan fingerprint density at radius 2 is 2.26 bits per heavy atom. The van der Waals surface area contributed by atoms with E-state index in [0.29, 0.717) is 12.0 Å². The highest BCUT2D eigenvalue weighted by Crippen LogP contribution is 2.24. The minimum atomic E-state index is 0.305. The number of piperidine rings is 1. The lowest BCUT2D eigenvalue weighted by Gasteiger charge is -2.32. The minimum absolute atomic E-state index is 0.305. The third-order valence-electron chi connectivity index (χ3n) is 3.60. The molecule has 1 aromatic carbocycles. The number of nitrogens with zero attached hydrogens (tertiary/aromatic N) is 1. The summed E-state index contributed by atoms with van der Waals surface area (Å²) < 4.78 is 5.82. The van der Waals surface area contributed by atoms with Crippen molar-refractivity contribution in [2.45, 2.75) is 39.2 Å². The molecule has 0 aliphatic carbocycles. The molecule has 1 heterocycles. The van der Waals surface area contributed by atoms with E-state index < -0.39 is 0 Å². The van der Waals surface area contributed by atoms with Gasteiger partial charge >= 0.3 is 0 Å². The largest absolute Gasteiger partial charge is 0.494 e. The van der Waals surface area contributed by atoms with Crippen molar-refractivity contribution in [1.29, 1.82) is 0 Å². The summed E-state index contributed by atoms with van der Waals surface area (Å²) in [6.07, 6.45) is 3.42. The summed E-state index contributed by atoms with van der Waals surface area (Å²) in [5.41, 5.74) is 7.27. The van der Waals surface area contributed by atoms with Gasteiger partial charge in [-0.2, -0.15) is 0 Å². The van der Waals surface area contributed by atoms with Gasteiger partial charge in [0.25, 0.3) is 0 Å². The molecule has 3 nitrogen and oxygen atoms in total. The van der Waals surface area contributed by atoms with Crippen LogP contribution in [0.1, 0.15) is 33.1 Å². The molecule has 2 rings (SSSR count). The maximum Gasteiger partial charge on any atom is 0.121 e. The zero-order valence-corrected chi connectivity index (χ0v) is 12.1. The van der Waals surface area contributed by atoms with E-state index in [1.807, 2.05) is 6.07 Å². The molecule has 1 atom stereocenters. The molecular weight excluding hydrogens is 236 g/mol. The lowest BCUT2D eigenvalue weighted by molar-refractivity contribution is 0.289. The van der Waals surface area contributed by atoms with Gasteiger partial charge in [0, 0.05) is 30.9 Å². The quantitative estimate of drug-likeness (QED) is 0.886. The summed E-state index contributed by atoms with van der Waals surface area (Å²) in [5.74, 6) is 1.65. The first-order valence-electron chi connectivity index (χ1n) is 7.38. The Morgan fingerprint density at radius 1 is 1.42 bits per heavy atom. The Bertz CT molecular complexity index is 392. The van der Waals surface area contributed by atoms with Crippen molar-refractivity contribution in [1.82, 2.24) is 0 Å². The summed E-state index contributed by atoms with van der Waals surface area (Å²) in [7, 11) is 0. The first kappa shape index (κ1) is 14.2. The van der Waals surface area contributed by atoms with E-state index in [1.54, 1.807) is 0 Å². The van der Waals surface area contributed by atoms with Gasteiger partial charge in [-0.15, -0.1) is 0 Å². The second kappa shape index (κ2) is 6.80. The third-order valence-corrected chi connectivity index (χ3v) is 3.60. The summed E-state index contributed by atoms with van der Waals surface area (Å²) in [4.78, 5) is 2.36. The lowest BCUT2D eigenvalue weighted by Crippen LogP contribution is -2.42. The van der Waals surface area contributed by atoms with Crippen molar-refractivity contribution in [3.63, 3.8) is 0 Å². The van der Waals surface area contributed by atoms with Crippen molar-refractivity contribution < 1.29 is 4.74 Å². The molecule has 19 heavy (non-hydrogen) atoms. The zero-order chi connectivity index (χ0) is 13.7. The third kappa shape index (κ3) is 4.43. The summed E-state index contributed by atoms with van der Waals surface area (Å²) in [6, 6.07) is 8.69. The van der Waals surface area contributed by atoms with Crippen LogP contribution in [0.2, 0.25) is 0 Å². The average Bonchev–Trinajstić information content (AvgIpc) is 2.39. The van der Waals surface area contributed by atoms with Gasteiger partial charge in [0.15, 0.2) is 0 Å². The second-order valence-electron chi connectivity index (χ2n) is 5.88. The van der Waals surface area contributed by atoms with Gasteiger partial charge in [0.05, 0.1) is 6.61 Å². The van der Waals surface area contributed by atoms with Crippen LogP contribution in [0.15, 0.2) is 24.3 Å². The van der Waals surface area contributed by atoms with Crippen LogP contribution in [0.5, 0.6) is 5.75 Å². The average molecular weight is 262 g/mol. The molecule has 1 fully saturated rings. The molecule has 0 spiro atoms. The van der Waals surface area contributed by atoms with Gasteiger partial charge in [0.1, 0.15) is 5.75 Å². The van der Waals surface area contributed by atoms with Crippen molar-refractivity contribution in [2.75, 3.05) is 24.6 Å². The number of benzene rings is 1. The molecular formula is C16H26N2O. The van der Waals surface area contributed by atoms with E-state index in [2.05, 4.69) is 36.9 Å². The summed E-state index contributed by atoms with van der Waals surface area (Å²) in [6.45, 7) is 7.28. The van der Waals surface area contributed by atoms with Gasteiger partial charge in [0.2, 0.25) is 0 Å². The van der Waals surface area contributed by atoms with Crippen molar-refractivity contribution in [2.24, 2.45) is 11.7 Å². The smallest absolute Gasteiger partial charge is 0.121 e. The van der Waals surface area contributed by atoms with E-state index in [4.69, 9.17) is 10.5 Å². The van der Waals surface area contributed by atoms with Crippen molar-refractivity contribution in [3.05, 3.63) is 24.3 Å². The molecule has 2 N–H and O–H groups in total. The Hall–Kier alpha value is -1.22. The van der Waals surface area contributed by atoms with Crippen molar-refractivity contribution >= 4 is 5.69 Å². The number of nitrogens with two attached hydrogens (primary N) is 1. The molecule has 106 valence electrons. The van der Waals surface area contributed by atoms with Crippen LogP contribution in [0.25, 0.3) is 0 Å². The van der Waals surface area contributed by atoms with Crippen LogP contribution < -0.4 is 15.4 Å². The van der Waals surface area contributed by atoms with Crippen LogP contribution in [0.4, 0.5) is 5.69 Å². The molecule has 3 heteroatoms. The molecule has 1 aliphatic heterocycles. The highest BCUT2D eigenvalue weighted by Gasteiger charge is 2.17. The van der Waals surface area contributed by atoms with Gasteiger partial charge in [-0.1, -0.05) is 19.9 Å². The molecule has 1 saturated heterocycles. The fraction of sp³-hybridized carbons (Fsp3) is 0.625. The molecule has 0 radical (unpaired) electrons. The van der Waals surface area contributed by atoms with Crippen LogP contribution in [0.3, 0.4) is 0 Å². The second-order valence-corrected chi connectivity index (χ2v) is 5.88. The fourth-order valence-electron chi connectivity index (χ4n) is 2.43. The monoisotopic (exact) mass is 262 g/mol. The van der Waals surface area contributed by atoms with Crippen molar-refractivity contribution in [3.8, 4) is 5.75 Å². The number of anilines is 1. The molecule has 1 unspecified atom stereocenters. The Labute approximate surface area is 116 Å². The highest BCUT2D eigenvalue weighted by atomic mass is 16.5. The Kier molecular flexibility index (Phi) is 5.08. The lowest BCUT2D eigenvalue weighted by atomic mass is 10.1. The standard InChI is InChI=1S/C16H26N2O/c1-13(2)8-10-19-16-7-3-6-15(11-16)18-9-4-5-14(17)12-18/h3,6-7,11,13-14H,4-5,8-10,12,17H2,1-2H3. The Balaban J connectivity index is 1.94. The number of hydrogen-bond acceptors (Lipinski definition) is 3. The van der Waals surface area contributed by atoms with Crippen LogP contribution in [0, 0.1) is 5.92 Å². The first-order valence-corrected chi connectivity index (χ1v) is 7.38. The normalized spacial score (nSPS) is 19.8. The fourth-order valence-corrected chi connectivity index (χ4v) is 2.43. The number of rotatable bonds is 5. The Morgan fingerprint density at radius 3 is 3.00 bits per heavy atom. The minimum Gasteiger partial charge on any atom is -0.494 e. The first-order chi connectivity index (χ1) is 9.15. The van der Waals surface area contributed by atoms with Gasteiger partial charge < -0.3 is 15.4 Å².